The van der Waals surface area contributed by atoms with Gasteiger partial charge in [0.05, 0.1) is 18.1 Å². The van der Waals surface area contributed by atoms with Crippen LogP contribution in [0.5, 0.6) is 0 Å². The highest BCUT2D eigenvalue weighted by Gasteiger charge is 2.26. The Morgan fingerprint density at radius 2 is 1.83 bits per heavy atom. The first kappa shape index (κ1) is 10.3. The molecule has 0 aromatic carbocycles. The molecule has 72 valence electrons. The largest absolute Gasteiger partial charge is 0.395 e. The van der Waals surface area contributed by atoms with Gasteiger partial charge in [0.15, 0.2) is 0 Å². The minimum atomic E-state index is -0.517. The van der Waals surface area contributed by atoms with Crippen molar-refractivity contribution >= 4 is 11.6 Å². The van der Waals surface area contributed by atoms with Crippen molar-refractivity contribution in [3.8, 4) is 0 Å². The van der Waals surface area contributed by atoms with Crippen LogP contribution in [0.15, 0.2) is 0 Å². The number of aliphatic hydroxyl groups is 2. The van der Waals surface area contributed by atoms with Gasteiger partial charge >= 0.3 is 0 Å². The summed E-state index contributed by atoms with van der Waals surface area (Å²) in [5.41, 5.74) is 0. The number of alkyl halides is 1. The maximum Gasteiger partial charge on any atom is 0.0828 e. The van der Waals surface area contributed by atoms with Crippen molar-refractivity contribution in [2.45, 2.75) is 43.6 Å². The molecule has 1 aliphatic rings. The number of hydrogen-bond acceptors (Lipinski definition) is 2. The topological polar surface area (TPSA) is 40.5 Å². The van der Waals surface area contributed by atoms with Gasteiger partial charge in [-0.1, -0.05) is 19.3 Å². The van der Waals surface area contributed by atoms with Crippen LogP contribution in [0.4, 0.5) is 0 Å². The van der Waals surface area contributed by atoms with Gasteiger partial charge in [0.1, 0.15) is 0 Å². The fourth-order valence-electron chi connectivity index (χ4n) is 1.88. The lowest BCUT2D eigenvalue weighted by atomic mass is 9.84. The van der Waals surface area contributed by atoms with E-state index in [1.165, 1.54) is 19.3 Å². The number of hydrogen-bond donors (Lipinski definition) is 2. The molecule has 0 amide bonds. The van der Waals surface area contributed by atoms with Crippen LogP contribution in [0.2, 0.25) is 0 Å². The highest BCUT2D eigenvalue weighted by atomic mass is 35.5. The quantitative estimate of drug-likeness (QED) is 0.666. The Hall–Kier alpha value is 0.210. The summed E-state index contributed by atoms with van der Waals surface area (Å²) >= 11 is 5.75. The van der Waals surface area contributed by atoms with Gasteiger partial charge in [-0.05, 0) is 18.8 Å². The highest BCUT2D eigenvalue weighted by Crippen LogP contribution is 2.28. The van der Waals surface area contributed by atoms with E-state index in [1.54, 1.807) is 0 Å². The predicted octanol–water partition coefficient (Wildman–Crippen LogP) is 1.53. The van der Waals surface area contributed by atoms with Crippen LogP contribution >= 0.6 is 11.6 Å². The third-order valence-electron chi connectivity index (χ3n) is 2.68. The van der Waals surface area contributed by atoms with Gasteiger partial charge in [-0.2, -0.15) is 0 Å². The van der Waals surface area contributed by atoms with Crippen LogP contribution in [0.3, 0.4) is 0 Å². The van der Waals surface area contributed by atoms with E-state index in [0.29, 0.717) is 5.92 Å². The molecular weight excluding hydrogens is 176 g/mol. The molecule has 0 saturated heterocycles. The normalized spacial score (nSPS) is 25.2. The van der Waals surface area contributed by atoms with Gasteiger partial charge in [0, 0.05) is 0 Å². The van der Waals surface area contributed by atoms with Crippen LogP contribution in [0.1, 0.15) is 32.1 Å². The Labute approximate surface area is 78.5 Å². The lowest BCUT2D eigenvalue weighted by Gasteiger charge is -2.28. The lowest BCUT2D eigenvalue weighted by molar-refractivity contribution is 0.0646. The molecule has 0 aromatic heterocycles. The maximum absolute atomic E-state index is 9.65. The smallest absolute Gasteiger partial charge is 0.0828 e. The molecule has 2 unspecified atom stereocenters. The van der Waals surface area contributed by atoms with E-state index in [2.05, 4.69) is 0 Å². The van der Waals surface area contributed by atoms with E-state index in [1.807, 2.05) is 0 Å². The van der Waals surface area contributed by atoms with Gasteiger partial charge in [0.25, 0.3) is 0 Å². The first-order valence-corrected chi connectivity index (χ1v) is 5.12. The molecule has 0 aliphatic heterocycles. The third-order valence-corrected chi connectivity index (χ3v) is 3.07. The van der Waals surface area contributed by atoms with E-state index in [-0.39, 0.29) is 6.61 Å². The number of halogens is 1. The molecule has 12 heavy (non-hydrogen) atoms. The lowest BCUT2D eigenvalue weighted by Crippen LogP contribution is -2.33. The molecule has 2 atom stereocenters. The van der Waals surface area contributed by atoms with Crippen molar-refractivity contribution in [1.29, 1.82) is 0 Å². The van der Waals surface area contributed by atoms with Gasteiger partial charge in [0.2, 0.25) is 0 Å². The number of aliphatic hydroxyl groups excluding tert-OH is 2. The van der Waals surface area contributed by atoms with Crippen LogP contribution in [0, 0.1) is 5.92 Å². The molecule has 0 heterocycles. The molecule has 0 bridgehead atoms. The highest BCUT2D eigenvalue weighted by molar-refractivity contribution is 6.21. The van der Waals surface area contributed by atoms with Crippen molar-refractivity contribution in [3.05, 3.63) is 0 Å². The first-order valence-electron chi connectivity index (χ1n) is 4.68. The second-order valence-electron chi connectivity index (χ2n) is 3.59. The Morgan fingerprint density at radius 3 is 2.33 bits per heavy atom. The Balaban J connectivity index is 2.33. The van der Waals surface area contributed by atoms with Crippen LogP contribution in [0.25, 0.3) is 0 Å². The van der Waals surface area contributed by atoms with Gasteiger partial charge in [-0.3, -0.25) is 0 Å². The second-order valence-corrected chi connectivity index (χ2v) is 4.15. The summed E-state index contributed by atoms with van der Waals surface area (Å²) in [5, 5.41) is 17.9. The summed E-state index contributed by atoms with van der Waals surface area (Å²) in [4.78, 5) is 0. The van der Waals surface area contributed by atoms with Crippen molar-refractivity contribution in [2.75, 3.05) is 6.61 Å². The molecule has 0 aromatic rings. The van der Waals surface area contributed by atoms with Crippen molar-refractivity contribution in [2.24, 2.45) is 5.92 Å². The van der Waals surface area contributed by atoms with E-state index >= 15 is 0 Å². The summed E-state index contributed by atoms with van der Waals surface area (Å²) in [7, 11) is 0. The summed E-state index contributed by atoms with van der Waals surface area (Å²) in [5.74, 6) is 0.313. The molecule has 0 radical (unpaired) electrons. The van der Waals surface area contributed by atoms with E-state index in [4.69, 9.17) is 16.7 Å². The van der Waals surface area contributed by atoms with Gasteiger partial charge in [-0.25, -0.2) is 0 Å². The van der Waals surface area contributed by atoms with E-state index < -0.39 is 11.5 Å². The molecule has 3 heteroatoms. The first-order chi connectivity index (χ1) is 5.75. The standard InChI is InChI=1S/C9H17ClO2/c10-8(6-11)9(12)7-4-2-1-3-5-7/h7-9,11-12H,1-6H2. The van der Waals surface area contributed by atoms with Crippen LogP contribution < -0.4 is 0 Å². The predicted molar refractivity (Wildman–Crippen MR) is 49.3 cm³/mol. The SMILES string of the molecule is OCC(Cl)C(O)C1CCCCC1. The molecular formula is C9H17ClO2. The Bertz CT molecular complexity index is 124. The van der Waals surface area contributed by atoms with Crippen LogP contribution in [-0.4, -0.2) is 28.3 Å². The number of rotatable bonds is 3. The van der Waals surface area contributed by atoms with E-state index in [0.717, 1.165) is 12.8 Å². The van der Waals surface area contributed by atoms with Crippen molar-refractivity contribution in [3.63, 3.8) is 0 Å². The minimum Gasteiger partial charge on any atom is -0.395 e. The van der Waals surface area contributed by atoms with Crippen LogP contribution in [-0.2, 0) is 0 Å². The second kappa shape index (κ2) is 5.05. The zero-order chi connectivity index (χ0) is 8.97. The Morgan fingerprint density at radius 1 is 1.25 bits per heavy atom. The van der Waals surface area contributed by atoms with Crippen molar-refractivity contribution in [1.82, 2.24) is 0 Å². The summed E-state index contributed by atoms with van der Waals surface area (Å²) in [6.45, 7) is -0.126. The fraction of sp³-hybridized carbons (Fsp3) is 1.00. The fourth-order valence-corrected chi connectivity index (χ4v) is 2.08. The molecule has 1 aliphatic carbocycles. The summed E-state index contributed by atoms with van der Waals surface area (Å²) in [6, 6.07) is 0. The third kappa shape index (κ3) is 2.61. The monoisotopic (exact) mass is 192 g/mol. The molecule has 0 spiro atoms. The average Bonchev–Trinajstić information content (AvgIpc) is 2.17. The summed E-state index contributed by atoms with van der Waals surface area (Å²) in [6.07, 6.45) is 5.26. The molecule has 1 fully saturated rings. The summed E-state index contributed by atoms with van der Waals surface area (Å²) < 4.78 is 0. The maximum atomic E-state index is 9.65. The van der Waals surface area contributed by atoms with E-state index in [9.17, 15) is 5.11 Å². The minimum absolute atomic E-state index is 0.126. The molecule has 2 nitrogen and oxygen atoms in total. The van der Waals surface area contributed by atoms with Gasteiger partial charge < -0.3 is 10.2 Å². The Kier molecular flexibility index (Phi) is 4.33. The molecule has 1 rings (SSSR count). The average molecular weight is 193 g/mol. The zero-order valence-electron chi connectivity index (χ0n) is 7.25. The zero-order valence-corrected chi connectivity index (χ0v) is 8.00. The van der Waals surface area contributed by atoms with Crippen molar-refractivity contribution < 1.29 is 10.2 Å². The molecule has 2 N–H and O–H groups in total. The molecule has 1 saturated carbocycles. The van der Waals surface area contributed by atoms with Gasteiger partial charge in [-0.15, -0.1) is 11.6 Å².